The molecular formula is C45H88O9. The maximum Gasteiger partial charge on any atom is 0.306 e. The van der Waals surface area contributed by atoms with Crippen molar-refractivity contribution in [1.29, 1.82) is 0 Å². The summed E-state index contributed by atoms with van der Waals surface area (Å²) in [5.41, 5.74) is 0. The first-order chi connectivity index (χ1) is 26.4. The molecule has 1 aliphatic rings. The molecule has 1 fully saturated rings. The summed E-state index contributed by atoms with van der Waals surface area (Å²) in [7, 11) is 0. The van der Waals surface area contributed by atoms with Gasteiger partial charge in [0.25, 0.3) is 0 Å². The molecule has 0 aliphatic carbocycles. The zero-order chi connectivity index (χ0) is 39.3. The van der Waals surface area contributed by atoms with Crippen molar-refractivity contribution in [1.82, 2.24) is 0 Å². The lowest BCUT2D eigenvalue weighted by molar-refractivity contribution is -0.305. The van der Waals surface area contributed by atoms with E-state index in [0.717, 1.165) is 32.1 Å². The summed E-state index contributed by atoms with van der Waals surface area (Å²) < 4.78 is 22.7. The van der Waals surface area contributed by atoms with Crippen LogP contribution >= 0.6 is 0 Å². The lowest BCUT2D eigenvalue weighted by Crippen LogP contribution is -2.59. The van der Waals surface area contributed by atoms with Gasteiger partial charge in [-0.3, -0.25) is 4.79 Å². The van der Waals surface area contributed by atoms with Crippen LogP contribution in [0.5, 0.6) is 0 Å². The van der Waals surface area contributed by atoms with Gasteiger partial charge in [0, 0.05) is 13.0 Å². The molecule has 6 unspecified atom stereocenters. The van der Waals surface area contributed by atoms with Gasteiger partial charge in [-0.15, -0.1) is 0 Å². The summed E-state index contributed by atoms with van der Waals surface area (Å²) in [5, 5.41) is 40.0. The number of carbonyl (C=O) groups excluding carboxylic acids is 1. The van der Waals surface area contributed by atoms with E-state index in [0.29, 0.717) is 13.0 Å². The first-order valence-electron chi connectivity index (χ1n) is 23.1. The summed E-state index contributed by atoms with van der Waals surface area (Å²) in [6.07, 6.45) is 33.1. The molecule has 0 saturated carbocycles. The van der Waals surface area contributed by atoms with Crippen molar-refractivity contribution in [3.63, 3.8) is 0 Å². The van der Waals surface area contributed by atoms with Crippen LogP contribution in [0.3, 0.4) is 0 Å². The van der Waals surface area contributed by atoms with E-state index >= 15 is 0 Å². The number of esters is 1. The van der Waals surface area contributed by atoms with Crippen molar-refractivity contribution in [2.45, 2.75) is 256 Å². The van der Waals surface area contributed by atoms with E-state index in [9.17, 15) is 25.2 Å². The Labute approximate surface area is 332 Å². The standard InChI is InChI=1S/C45H88O9/c1-3-5-7-9-11-12-13-14-15-16-17-18-19-20-21-22-23-24-25-26-27-29-31-33-35-51-37-39(53-41(47)34-32-30-28-10-8-6-4-2)38-52-45-44(50)43(49)42(48)40(36-46)54-45/h39-40,42-46,48-50H,3-38H2,1-2H3. The second-order valence-corrected chi connectivity index (χ2v) is 16.2. The maximum absolute atomic E-state index is 12.6. The van der Waals surface area contributed by atoms with Gasteiger partial charge in [-0.2, -0.15) is 0 Å². The third kappa shape index (κ3) is 28.6. The predicted molar refractivity (Wildman–Crippen MR) is 220 cm³/mol. The van der Waals surface area contributed by atoms with Crippen molar-refractivity contribution in [3.8, 4) is 0 Å². The molecule has 4 N–H and O–H groups in total. The van der Waals surface area contributed by atoms with Gasteiger partial charge in [-0.25, -0.2) is 0 Å². The number of aliphatic hydroxyl groups excluding tert-OH is 4. The molecule has 54 heavy (non-hydrogen) atoms. The lowest BCUT2D eigenvalue weighted by atomic mass is 9.99. The molecule has 1 heterocycles. The van der Waals surface area contributed by atoms with Crippen molar-refractivity contribution < 1.29 is 44.2 Å². The quantitative estimate of drug-likeness (QED) is 0.0355. The van der Waals surface area contributed by atoms with Gasteiger partial charge in [-0.1, -0.05) is 200 Å². The van der Waals surface area contributed by atoms with Gasteiger partial charge >= 0.3 is 5.97 Å². The summed E-state index contributed by atoms with van der Waals surface area (Å²) in [6, 6.07) is 0. The zero-order valence-corrected chi connectivity index (χ0v) is 35.3. The highest BCUT2D eigenvalue weighted by atomic mass is 16.7. The first kappa shape index (κ1) is 51.2. The minimum atomic E-state index is -1.53. The minimum Gasteiger partial charge on any atom is -0.457 e. The highest BCUT2D eigenvalue weighted by Gasteiger charge is 2.44. The molecular weight excluding hydrogens is 684 g/mol. The van der Waals surface area contributed by atoms with Crippen LogP contribution in [0.15, 0.2) is 0 Å². The third-order valence-electron chi connectivity index (χ3n) is 11.0. The fourth-order valence-corrected chi connectivity index (χ4v) is 7.38. The van der Waals surface area contributed by atoms with Crippen molar-refractivity contribution in [2.24, 2.45) is 0 Å². The lowest BCUT2D eigenvalue weighted by Gasteiger charge is -2.39. The maximum atomic E-state index is 12.6. The van der Waals surface area contributed by atoms with Crippen LogP contribution in [0, 0.1) is 0 Å². The Kier molecular flexibility index (Phi) is 35.8. The summed E-state index contributed by atoms with van der Waals surface area (Å²) in [6.45, 7) is 4.55. The monoisotopic (exact) mass is 773 g/mol. The molecule has 0 aromatic rings. The normalized spacial score (nSPS) is 20.7. The van der Waals surface area contributed by atoms with Gasteiger partial charge < -0.3 is 39.4 Å². The first-order valence-corrected chi connectivity index (χ1v) is 23.1. The molecule has 1 saturated heterocycles. The number of carbonyl (C=O) groups is 1. The number of aliphatic hydroxyl groups is 4. The van der Waals surface area contributed by atoms with E-state index in [1.54, 1.807) is 0 Å². The molecule has 9 nitrogen and oxygen atoms in total. The number of rotatable bonds is 40. The Balaban J connectivity index is 2.09. The molecule has 0 bridgehead atoms. The molecule has 0 amide bonds. The Morgan fingerprint density at radius 3 is 1.31 bits per heavy atom. The number of hydrogen-bond acceptors (Lipinski definition) is 9. The molecule has 9 heteroatoms. The Morgan fingerprint density at radius 2 is 0.907 bits per heavy atom. The van der Waals surface area contributed by atoms with E-state index < -0.39 is 43.4 Å². The van der Waals surface area contributed by atoms with Crippen LogP contribution in [0.1, 0.15) is 219 Å². The smallest absolute Gasteiger partial charge is 0.306 e. The molecule has 0 aromatic carbocycles. The Hall–Kier alpha value is -0.810. The highest BCUT2D eigenvalue weighted by Crippen LogP contribution is 2.23. The van der Waals surface area contributed by atoms with E-state index in [2.05, 4.69) is 13.8 Å². The van der Waals surface area contributed by atoms with Crippen LogP contribution in [0.2, 0.25) is 0 Å². The van der Waals surface area contributed by atoms with Gasteiger partial charge in [0.2, 0.25) is 0 Å². The largest absolute Gasteiger partial charge is 0.457 e. The molecule has 6 atom stereocenters. The Bertz CT molecular complexity index is 797. The van der Waals surface area contributed by atoms with Crippen molar-refractivity contribution in [2.75, 3.05) is 26.4 Å². The van der Waals surface area contributed by atoms with Crippen LogP contribution in [-0.4, -0.2) is 89.6 Å². The second kappa shape index (κ2) is 37.7. The average molecular weight is 773 g/mol. The molecule has 0 aromatic heterocycles. The Morgan fingerprint density at radius 1 is 0.519 bits per heavy atom. The van der Waals surface area contributed by atoms with Crippen LogP contribution in [0.25, 0.3) is 0 Å². The van der Waals surface area contributed by atoms with E-state index in [4.69, 9.17) is 18.9 Å². The average Bonchev–Trinajstić information content (AvgIpc) is 3.17. The molecule has 1 rings (SSSR count). The molecule has 0 radical (unpaired) electrons. The summed E-state index contributed by atoms with van der Waals surface area (Å²) in [5.74, 6) is -0.315. The van der Waals surface area contributed by atoms with Crippen LogP contribution in [-0.2, 0) is 23.7 Å². The SMILES string of the molecule is CCCCCCCCCCCCCCCCCCCCCCCCCCOCC(COC1OC(CO)C(O)C(O)C1O)OC(=O)CCCCCCCCC. The van der Waals surface area contributed by atoms with Crippen molar-refractivity contribution >= 4 is 5.97 Å². The van der Waals surface area contributed by atoms with Gasteiger partial charge in [0.1, 0.15) is 30.5 Å². The van der Waals surface area contributed by atoms with Crippen molar-refractivity contribution in [3.05, 3.63) is 0 Å². The van der Waals surface area contributed by atoms with Gasteiger partial charge in [0.05, 0.1) is 19.8 Å². The fourth-order valence-electron chi connectivity index (χ4n) is 7.38. The summed E-state index contributed by atoms with van der Waals surface area (Å²) >= 11 is 0. The molecule has 322 valence electrons. The predicted octanol–water partition coefficient (Wildman–Crippen LogP) is 10.3. The topological polar surface area (TPSA) is 135 Å². The second-order valence-electron chi connectivity index (χ2n) is 16.2. The molecule has 1 aliphatic heterocycles. The highest BCUT2D eigenvalue weighted by molar-refractivity contribution is 5.69. The van der Waals surface area contributed by atoms with Gasteiger partial charge in [0.15, 0.2) is 6.29 Å². The number of unbranched alkanes of at least 4 members (excludes halogenated alkanes) is 29. The molecule has 0 spiro atoms. The van der Waals surface area contributed by atoms with E-state index in [1.165, 1.54) is 167 Å². The fraction of sp³-hybridized carbons (Fsp3) is 0.978. The minimum absolute atomic E-state index is 0.106. The zero-order valence-electron chi connectivity index (χ0n) is 35.3. The van der Waals surface area contributed by atoms with Crippen LogP contribution < -0.4 is 0 Å². The van der Waals surface area contributed by atoms with Gasteiger partial charge in [-0.05, 0) is 12.8 Å². The number of hydrogen-bond donors (Lipinski definition) is 4. The van der Waals surface area contributed by atoms with Crippen LogP contribution in [0.4, 0.5) is 0 Å². The van der Waals surface area contributed by atoms with E-state index in [1.807, 2.05) is 0 Å². The third-order valence-corrected chi connectivity index (χ3v) is 11.0. The van der Waals surface area contributed by atoms with E-state index in [-0.39, 0.29) is 19.2 Å². The summed E-state index contributed by atoms with van der Waals surface area (Å²) in [4.78, 5) is 12.6. The number of ether oxygens (including phenoxy) is 4.